The number of aldehydes is 1. The van der Waals surface area contributed by atoms with Gasteiger partial charge in [-0.15, -0.1) is 0 Å². The largest absolute Gasteiger partial charge is 0.496 e. The lowest BCUT2D eigenvalue weighted by atomic mass is 10.1. The highest BCUT2D eigenvalue weighted by Crippen LogP contribution is 2.33. The van der Waals surface area contributed by atoms with Gasteiger partial charge >= 0.3 is 0 Å². The van der Waals surface area contributed by atoms with E-state index in [2.05, 4.69) is 4.37 Å². The van der Waals surface area contributed by atoms with Gasteiger partial charge in [0.1, 0.15) is 11.4 Å². The Morgan fingerprint density at radius 2 is 2.19 bits per heavy atom. The first-order valence-corrected chi connectivity index (χ1v) is 5.59. The van der Waals surface area contributed by atoms with Crippen LogP contribution in [0.5, 0.6) is 5.75 Å². The van der Waals surface area contributed by atoms with E-state index in [0.29, 0.717) is 5.69 Å². The maximum atomic E-state index is 10.6. The molecule has 0 spiro atoms. The summed E-state index contributed by atoms with van der Waals surface area (Å²) < 4.78 is 9.34. The predicted octanol–water partition coefficient (Wildman–Crippen LogP) is 2.94. The maximum Gasteiger partial charge on any atom is 0.169 e. The maximum absolute atomic E-state index is 10.6. The molecule has 0 N–H and O–H groups in total. The lowest BCUT2D eigenvalue weighted by Crippen LogP contribution is -1.87. The molecule has 0 radical (unpaired) electrons. The van der Waals surface area contributed by atoms with Crippen molar-refractivity contribution in [2.75, 3.05) is 7.11 Å². The number of aromatic nitrogens is 1. The van der Waals surface area contributed by atoms with Gasteiger partial charge in [-0.05, 0) is 42.2 Å². The molecule has 4 heteroatoms. The number of nitrogens with zero attached hydrogens (tertiary/aromatic N) is 1. The van der Waals surface area contributed by atoms with E-state index in [9.17, 15) is 4.79 Å². The predicted molar refractivity (Wildman–Crippen MR) is 64.2 cm³/mol. The smallest absolute Gasteiger partial charge is 0.169 e. The van der Waals surface area contributed by atoms with Gasteiger partial charge in [0.2, 0.25) is 0 Å². The lowest BCUT2D eigenvalue weighted by molar-refractivity contribution is 0.112. The van der Waals surface area contributed by atoms with Crippen molar-refractivity contribution in [3.8, 4) is 16.2 Å². The Hall–Kier alpha value is -1.68. The third-order valence-electron chi connectivity index (χ3n) is 2.27. The van der Waals surface area contributed by atoms with Crippen LogP contribution >= 0.6 is 11.5 Å². The highest BCUT2D eigenvalue weighted by molar-refractivity contribution is 7.09. The fourth-order valence-electron chi connectivity index (χ4n) is 1.47. The van der Waals surface area contributed by atoms with Crippen LogP contribution in [0.25, 0.3) is 10.4 Å². The summed E-state index contributed by atoms with van der Waals surface area (Å²) in [5.74, 6) is 0.807. The third-order valence-corrected chi connectivity index (χ3v) is 3.11. The number of carbonyl (C=O) groups excluding carboxylic acids is 1. The molecule has 0 saturated heterocycles. The molecule has 0 aliphatic heterocycles. The molecule has 1 heterocycles. The molecule has 1 aromatic carbocycles. The van der Waals surface area contributed by atoms with Crippen LogP contribution in [-0.4, -0.2) is 17.8 Å². The minimum Gasteiger partial charge on any atom is -0.496 e. The normalized spacial score (nSPS) is 10.1. The molecule has 0 amide bonds. The zero-order chi connectivity index (χ0) is 11.5. The summed E-state index contributed by atoms with van der Waals surface area (Å²) >= 11 is 1.30. The molecular weight excluding hydrogens is 222 g/mol. The second kappa shape index (κ2) is 4.45. The Bertz CT molecular complexity index is 519. The molecule has 0 atom stereocenters. The van der Waals surface area contributed by atoms with Crippen LogP contribution in [0, 0.1) is 6.92 Å². The van der Waals surface area contributed by atoms with Crippen molar-refractivity contribution in [1.82, 2.24) is 4.37 Å². The summed E-state index contributed by atoms with van der Waals surface area (Å²) in [5.41, 5.74) is 2.57. The first kappa shape index (κ1) is 10.8. The van der Waals surface area contributed by atoms with Crippen molar-refractivity contribution in [1.29, 1.82) is 0 Å². The van der Waals surface area contributed by atoms with Gasteiger partial charge in [0.25, 0.3) is 0 Å². The van der Waals surface area contributed by atoms with Crippen LogP contribution < -0.4 is 4.74 Å². The number of carbonyl (C=O) groups is 1. The van der Waals surface area contributed by atoms with E-state index in [4.69, 9.17) is 4.74 Å². The van der Waals surface area contributed by atoms with Crippen molar-refractivity contribution in [2.45, 2.75) is 6.92 Å². The molecule has 82 valence electrons. The van der Waals surface area contributed by atoms with Gasteiger partial charge in [-0.3, -0.25) is 4.79 Å². The fourth-order valence-corrected chi connectivity index (χ4v) is 2.21. The van der Waals surface area contributed by atoms with E-state index in [1.54, 1.807) is 13.2 Å². The van der Waals surface area contributed by atoms with Crippen LogP contribution in [0.1, 0.15) is 16.1 Å². The van der Waals surface area contributed by atoms with E-state index in [1.807, 2.05) is 25.1 Å². The van der Waals surface area contributed by atoms with E-state index >= 15 is 0 Å². The van der Waals surface area contributed by atoms with Crippen molar-refractivity contribution < 1.29 is 9.53 Å². The van der Waals surface area contributed by atoms with Gasteiger partial charge in [0.05, 0.1) is 12.0 Å². The summed E-state index contributed by atoms with van der Waals surface area (Å²) in [7, 11) is 1.64. The van der Waals surface area contributed by atoms with Crippen LogP contribution in [0.15, 0.2) is 24.3 Å². The lowest BCUT2D eigenvalue weighted by Gasteiger charge is -2.06. The molecule has 0 bridgehead atoms. The van der Waals surface area contributed by atoms with Crippen LogP contribution in [0.4, 0.5) is 0 Å². The minimum atomic E-state index is 0.461. The number of ether oxygens (including phenoxy) is 1. The Kier molecular flexibility index (Phi) is 3.01. The average molecular weight is 233 g/mol. The molecule has 2 rings (SSSR count). The molecule has 0 unspecified atom stereocenters. The standard InChI is InChI=1S/C12H11NO2S/c1-8-3-4-10(11(5-8)15-2)12-6-9(7-14)13-16-12/h3-7H,1-2H3. The molecule has 0 aliphatic rings. The monoisotopic (exact) mass is 233 g/mol. The number of methoxy groups -OCH3 is 1. The van der Waals surface area contributed by atoms with Gasteiger partial charge in [0.15, 0.2) is 6.29 Å². The summed E-state index contributed by atoms with van der Waals surface area (Å²) in [6.45, 7) is 2.01. The van der Waals surface area contributed by atoms with Gasteiger partial charge in [-0.2, -0.15) is 4.37 Å². The third kappa shape index (κ3) is 1.97. The molecule has 16 heavy (non-hydrogen) atoms. The molecule has 0 saturated carbocycles. The Balaban J connectivity index is 2.50. The zero-order valence-electron chi connectivity index (χ0n) is 9.06. The van der Waals surface area contributed by atoms with Crippen molar-refractivity contribution in [3.63, 3.8) is 0 Å². The average Bonchev–Trinajstić information content (AvgIpc) is 2.77. The summed E-state index contributed by atoms with van der Waals surface area (Å²) in [4.78, 5) is 11.5. The first-order valence-electron chi connectivity index (χ1n) is 4.81. The highest BCUT2D eigenvalue weighted by Gasteiger charge is 2.09. The number of hydrogen-bond acceptors (Lipinski definition) is 4. The Morgan fingerprint density at radius 1 is 1.38 bits per heavy atom. The van der Waals surface area contributed by atoms with Gasteiger partial charge in [-0.25, -0.2) is 0 Å². The second-order valence-electron chi connectivity index (χ2n) is 3.44. The topological polar surface area (TPSA) is 39.2 Å². The van der Waals surface area contributed by atoms with Gasteiger partial charge in [0, 0.05) is 5.56 Å². The molecule has 2 aromatic rings. The first-order chi connectivity index (χ1) is 7.74. The van der Waals surface area contributed by atoms with Crippen LogP contribution in [0.3, 0.4) is 0 Å². The van der Waals surface area contributed by atoms with Crippen molar-refractivity contribution >= 4 is 17.8 Å². The molecular formula is C12H11NO2S. The van der Waals surface area contributed by atoms with E-state index in [0.717, 1.165) is 28.0 Å². The molecule has 0 aliphatic carbocycles. The van der Waals surface area contributed by atoms with Crippen molar-refractivity contribution in [2.24, 2.45) is 0 Å². The molecule has 1 aromatic heterocycles. The number of hydrogen-bond donors (Lipinski definition) is 0. The zero-order valence-corrected chi connectivity index (χ0v) is 9.88. The molecule has 3 nitrogen and oxygen atoms in total. The second-order valence-corrected chi connectivity index (χ2v) is 4.24. The Labute approximate surface area is 97.9 Å². The summed E-state index contributed by atoms with van der Waals surface area (Å²) in [6.07, 6.45) is 0.751. The van der Waals surface area contributed by atoms with E-state index in [-0.39, 0.29) is 0 Å². The number of benzene rings is 1. The Morgan fingerprint density at radius 3 is 2.81 bits per heavy atom. The molecule has 0 fully saturated rings. The quantitative estimate of drug-likeness (QED) is 0.765. The number of aryl methyl sites for hydroxylation is 1. The van der Waals surface area contributed by atoms with E-state index in [1.165, 1.54) is 11.5 Å². The summed E-state index contributed by atoms with van der Waals surface area (Å²) in [6, 6.07) is 7.73. The fraction of sp³-hybridized carbons (Fsp3) is 0.167. The van der Waals surface area contributed by atoms with Gasteiger partial charge < -0.3 is 4.74 Å². The SMILES string of the molecule is COc1cc(C)ccc1-c1cc(C=O)ns1. The minimum absolute atomic E-state index is 0.461. The summed E-state index contributed by atoms with van der Waals surface area (Å²) in [5, 5.41) is 0. The van der Waals surface area contributed by atoms with E-state index < -0.39 is 0 Å². The van der Waals surface area contributed by atoms with Crippen LogP contribution in [-0.2, 0) is 0 Å². The van der Waals surface area contributed by atoms with Crippen LogP contribution in [0.2, 0.25) is 0 Å². The highest BCUT2D eigenvalue weighted by atomic mass is 32.1. The van der Waals surface area contributed by atoms with Crippen molar-refractivity contribution in [3.05, 3.63) is 35.5 Å². The van der Waals surface area contributed by atoms with Gasteiger partial charge in [-0.1, -0.05) is 6.07 Å². The number of rotatable bonds is 3.